The van der Waals surface area contributed by atoms with Crippen molar-refractivity contribution >= 4 is 17.3 Å². The number of fused-ring (bicyclic) bond motifs is 2. The molecule has 0 N–H and O–H groups in total. The summed E-state index contributed by atoms with van der Waals surface area (Å²) in [7, 11) is 2.61. The second kappa shape index (κ2) is 5.20. The van der Waals surface area contributed by atoms with Gasteiger partial charge in [0.15, 0.2) is 17.3 Å². The van der Waals surface area contributed by atoms with Gasteiger partial charge >= 0.3 is 0 Å². The number of hydrogen-bond acceptors (Lipinski definition) is 6. The summed E-state index contributed by atoms with van der Waals surface area (Å²) in [5.41, 5.74) is -0.560. The van der Waals surface area contributed by atoms with E-state index in [-0.39, 0.29) is 33.8 Å². The molecule has 0 unspecified atom stereocenters. The van der Waals surface area contributed by atoms with E-state index in [0.717, 1.165) is 6.07 Å². The highest BCUT2D eigenvalue weighted by Crippen LogP contribution is 2.43. The molecule has 0 heterocycles. The standard InChI is InChI=1S/C16H11NO6/c1-22-11-7-10(17(20)21)12-13(16(11)23-2)15(19)9-6-4-3-5-8(9)14(12)18/h3-7H,1-2H3. The molecule has 7 nitrogen and oxygen atoms in total. The lowest BCUT2D eigenvalue weighted by Gasteiger charge is -2.20. The van der Waals surface area contributed by atoms with Crippen LogP contribution in [0.15, 0.2) is 30.3 Å². The minimum absolute atomic E-state index is 0.0148. The molecule has 0 amide bonds. The van der Waals surface area contributed by atoms with Gasteiger partial charge in [0.1, 0.15) is 5.56 Å². The number of benzene rings is 2. The lowest BCUT2D eigenvalue weighted by Crippen LogP contribution is -2.23. The normalized spacial score (nSPS) is 12.4. The van der Waals surface area contributed by atoms with Crippen LogP contribution < -0.4 is 9.47 Å². The average molecular weight is 313 g/mol. The summed E-state index contributed by atoms with van der Waals surface area (Å²) in [4.78, 5) is 36.1. The van der Waals surface area contributed by atoms with E-state index in [9.17, 15) is 19.7 Å². The third-order valence-electron chi connectivity index (χ3n) is 3.72. The third-order valence-corrected chi connectivity index (χ3v) is 3.72. The molecule has 0 fully saturated rings. The van der Waals surface area contributed by atoms with Crippen LogP contribution in [-0.2, 0) is 0 Å². The summed E-state index contributed by atoms with van der Waals surface area (Å²) in [6, 6.07) is 7.29. The van der Waals surface area contributed by atoms with E-state index in [1.807, 2.05) is 0 Å². The van der Waals surface area contributed by atoms with Crippen LogP contribution in [0.5, 0.6) is 11.5 Å². The first kappa shape index (κ1) is 14.7. The molecule has 2 aromatic carbocycles. The predicted molar refractivity (Wildman–Crippen MR) is 79.5 cm³/mol. The summed E-state index contributed by atoms with van der Waals surface area (Å²) in [6.45, 7) is 0. The Morgan fingerprint density at radius 3 is 2.00 bits per heavy atom. The molecule has 0 radical (unpaired) electrons. The minimum Gasteiger partial charge on any atom is -0.493 e. The van der Waals surface area contributed by atoms with Gasteiger partial charge in [-0.3, -0.25) is 19.7 Å². The monoisotopic (exact) mass is 313 g/mol. The van der Waals surface area contributed by atoms with Crippen LogP contribution in [-0.4, -0.2) is 30.7 Å². The van der Waals surface area contributed by atoms with Gasteiger partial charge < -0.3 is 9.47 Å². The first-order valence-corrected chi connectivity index (χ1v) is 6.63. The molecule has 0 aromatic heterocycles. The fraction of sp³-hybridized carbons (Fsp3) is 0.125. The molecule has 0 saturated heterocycles. The highest BCUT2D eigenvalue weighted by molar-refractivity contribution is 6.31. The molecule has 7 heteroatoms. The van der Waals surface area contributed by atoms with Crippen molar-refractivity contribution in [2.24, 2.45) is 0 Å². The lowest BCUT2D eigenvalue weighted by atomic mass is 9.82. The van der Waals surface area contributed by atoms with Crippen LogP contribution in [0.4, 0.5) is 5.69 Å². The first-order chi connectivity index (χ1) is 11.0. The number of ketones is 2. The van der Waals surface area contributed by atoms with Gasteiger partial charge in [0.25, 0.3) is 5.69 Å². The van der Waals surface area contributed by atoms with Gasteiger partial charge in [-0.25, -0.2) is 0 Å². The van der Waals surface area contributed by atoms with Crippen molar-refractivity contribution in [1.29, 1.82) is 0 Å². The van der Waals surface area contributed by atoms with Gasteiger partial charge in [0.2, 0.25) is 5.78 Å². The molecule has 0 spiro atoms. The maximum Gasteiger partial charge on any atom is 0.285 e. The van der Waals surface area contributed by atoms with Gasteiger partial charge in [-0.2, -0.15) is 0 Å². The van der Waals surface area contributed by atoms with Crippen LogP contribution in [0.3, 0.4) is 0 Å². The van der Waals surface area contributed by atoms with Gasteiger partial charge in [-0.15, -0.1) is 0 Å². The van der Waals surface area contributed by atoms with E-state index in [0.29, 0.717) is 0 Å². The molecule has 3 rings (SSSR count). The lowest BCUT2D eigenvalue weighted by molar-refractivity contribution is -0.385. The Kier molecular flexibility index (Phi) is 3.33. The summed E-state index contributed by atoms with van der Waals surface area (Å²) in [5, 5.41) is 11.4. The molecule has 0 atom stereocenters. The Morgan fingerprint density at radius 2 is 1.52 bits per heavy atom. The maximum atomic E-state index is 12.8. The Balaban J connectivity index is 2.45. The molecular weight excluding hydrogens is 302 g/mol. The number of carbonyl (C=O) groups is 2. The van der Waals surface area contributed by atoms with Crippen LogP contribution in [0.25, 0.3) is 0 Å². The van der Waals surface area contributed by atoms with E-state index in [2.05, 4.69) is 0 Å². The van der Waals surface area contributed by atoms with Gasteiger partial charge in [-0.05, 0) is 0 Å². The third kappa shape index (κ3) is 1.97. The van der Waals surface area contributed by atoms with E-state index < -0.39 is 22.2 Å². The quantitative estimate of drug-likeness (QED) is 0.544. The Labute approximate surface area is 130 Å². The molecule has 0 bridgehead atoms. The SMILES string of the molecule is COc1cc([N+](=O)[O-])c2c(c1OC)C(=O)c1ccccc1C2=O. The number of methoxy groups -OCH3 is 2. The van der Waals surface area contributed by atoms with Gasteiger partial charge in [0, 0.05) is 11.1 Å². The number of hydrogen-bond donors (Lipinski definition) is 0. The van der Waals surface area contributed by atoms with Crippen molar-refractivity contribution in [3.63, 3.8) is 0 Å². The van der Waals surface area contributed by atoms with Crippen molar-refractivity contribution in [3.05, 3.63) is 62.7 Å². The largest absolute Gasteiger partial charge is 0.493 e. The summed E-state index contributed by atoms with van der Waals surface area (Å²) in [6.07, 6.45) is 0. The number of nitrogens with zero attached hydrogens (tertiary/aromatic N) is 1. The zero-order valence-electron chi connectivity index (χ0n) is 12.3. The Morgan fingerprint density at radius 1 is 0.957 bits per heavy atom. The smallest absolute Gasteiger partial charge is 0.285 e. The number of carbonyl (C=O) groups excluding carboxylic acids is 2. The fourth-order valence-corrected chi connectivity index (χ4v) is 2.72. The number of ether oxygens (including phenoxy) is 2. The number of nitro groups is 1. The Bertz CT molecular complexity index is 871. The zero-order valence-corrected chi connectivity index (χ0v) is 12.3. The highest BCUT2D eigenvalue weighted by atomic mass is 16.6. The zero-order chi connectivity index (χ0) is 16.7. The van der Waals surface area contributed by atoms with E-state index >= 15 is 0 Å². The van der Waals surface area contributed by atoms with Crippen molar-refractivity contribution in [3.8, 4) is 11.5 Å². The predicted octanol–water partition coefficient (Wildman–Crippen LogP) is 2.39. The van der Waals surface area contributed by atoms with E-state index in [1.54, 1.807) is 12.1 Å². The van der Waals surface area contributed by atoms with Crippen molar-refractivity contribution < 1.29 is 24.0 Å². The molecule has 1 aliphatic rings. The second-order valence-electron chi connectivity index (χ2n) is 4.84. The van der Waals surface area contributed by atoms with E-state index in [4.69, 9.17) is 9.47 Å². The molecule has 116 valence electrons. The van der Waals surface area contributed by atoms with Crippen molar-refractivity contribution in [2.45, 2.75) is 0 Å². The average Bonchev–Trinajstić information content (AvgIpc) is 2.57. The molecule has 23 heavy (non-hydrogen) atoms. The molecule has 1 aliphatic carbocycles. The van der Waals surface area contributed by atoms with Gasteiger partial charge in [-0.1, -0.05) is 24.3 Å². The van der Waals surface area contributed by atoms with Crippen LogP contribution >= 0.6 is 0 Å². The molecule has 2 aromatic rings. The Hall–Kier alpha value is -3.22. The van der Waals surface area contributed by atoms with Crippen LogP contribution in [0.1, 0.15) is 31.8 Å². The number of nitro benzene ring substituents is 1. The topological polar surface area (TPSA) is 95.7 Å². The maximum absolute atomic E-state index is 12.8. The summed E-state index contributed by atoms with van der Waals surface area (Å²) < 4.78 is 10.3. The van der Waals surface area contributed by atoms with Crippen molar-refractivity contribution in [1.82, 2.24) is 0 Å². The molecule has 0 saturated carbocycles. The number of rotatable bonds is 3. The minimum atomic E-state index is -0.708. The summed E-state index contributed by atoms with van der Waals surface area (Å²) >= 11 is 0. The summed E-state index contributed by atoms with van der Waals surface area (Å²) in [5.74, 6) is -1.05. The van der Waals surface area contributed by atoms with Crippen LogP contribution in [0.2, 0.25) is 0 Å². The molecule has 0 aliphatic heterocycles. The van der Waals surface area contributed by atoms with E-state index in [1.165, 1.54) is 26.4 Å². The second-order valence-corrected chi connectivity index (χ2v) is 4.84. The van der Waals surface area contributed by atoms with Crippen molar-refractivity contribution in [2.75, 3.05) is 14.2 Å². The van der Waals surface area contributed by atoms with Gasteiger partial charge in [0.05, 0.1) is 30.8 Å². The molecular formula is C16H11NO6. The fourth-order valence-electron chi connectivity index (χ4n) is 2.72. The van der Waals surface area contributed by atoms with Crippen LogP contribution in [0, 0.1) is 10.1 Å². The highest BCUT2D eigenvalue weighted by Gasteiger charge is 2.39. The first-order valence-electron chi connectivity index (χ1n) is 6.63.